The van der Waals surface area contributed by atoms with Crippen LogP contribution in [-0.2, 0) is 0 Å². The van der Waals surface area contributed by atoms with E-state index in [4.69, 9.17) is 0 Å². The molecule has 2 radical (unpaired) electrons. The molecule has 164 valence electrons. The molecule has 0 aromatic rings. The number of rotatable bonds is 19. The summed E-state index contributed by atoms with van der Waals surface area (Å²) in [6, 6.07) is 0. The summed E-state index contributed by atoms with van der Waals surface area (Å²) in [7, 11) is 0. The lowest BCUT2D eigenvalue weighted by molar-refractivity contribution is 0.409. The van der Waals surface area contributed by atoms with E-state index in [0.29, 0.717) is 0 Å². The zero-order chi connectivity index (χ0) is 20.9. The third-order valence-corrected chi connectivity index (χ3v) is 6.12. The van der Waals surface area contributed by atoms with E-state index in [0.717, 1.165) is 43.4 Å². The maximum absolute atomic E-state index is 3.94. The lowest BCUT2D eigenvalue weighted by Gasteiger charge is -2.13. The van der Waals surface area contributed by atoms with Gasteiger partial charge in [0.05, 0.1) is 0 Å². The van der Waals surface area contributed by atoms with Crippen molar-refractivity contribution in [3.63, 3.8) is 0 Å². The number of hydrogen-bond donors (Lipinski definition) is 0. The third kappa shape index (κ3) is 20.3. The fraction of sp³-hybridized carbons (Fsp3) is 0.857. The fourth-order valence-electron chi connectivity index (χ4n) is 3.87. The smallest absolute Gasteiger partial charge is 0.0114 e. The highest BCUT2D eigenvalue weighted by atomic mass is 14.1. The predicted octanol–water partition coefficient (Wildman–Crippen LogP) is 9.59. The molecular formula is C28H52. The molecule has 0 heteroatoms. The molecule has 0 rings (SSSR count). The first kappa shape index (κ1) is 27.6. The minimum Gasteiger partial charge on any atom is -0.103 e. The summed E-state index contributed by atoms with van der Waals surface area (Å²) in [6.07, 6.45) is 23.6. The lowest BCUT2D eigenvalue weighted by atomic mass is 9.93. The van der Waals surface area contributed by atoms with Crippen molar-refractivity contribution >= 4 is 0 Å². The van der Waals surface area contributed by atoms with E-state index in [-0.39, 0.29) is 0 Å². The summed E-state index contributed by atoms with van der Waals surface area (Å²) in [5.41, 5.74) is 0. The molecule has 0 aromatic heterocycles. The standard InChI is InChI=1S/C28H52/c1-6-8-20-26(3)22-18-16-14-12-10-11-13-15-17-19-23-28(5)25-24-27(4)21-9-7-2/h26-28H,1-2,6-16,18,20-25H2,3-5H3. The van der Waals surface area contributed by atoms with Crippen LogP contribution in [0.25, 0.3) is 0 Å². The highest BCUT2D eigenvalue weighted by Gasteiger charge is 2.05. The Balaban J connectivity index is 3.39. The summed E-state index contributed by atoms with van der Waals surface area (Å²) < 4.78 is 0. The molecule has 3 atom stereocenters. The van der Waals surface area contributed by atoms with E-state index in [9.17, 15) is 0 Å². The van der Waals surface area contributed by atoms with Gasteiger partial charge >= 0.3 is 0 Å². The van der Waals surface area contributed by atoms with Crippen LogP contribution >= 0.6 is 0 Å². The average Bonchev–Trinajstić information content (AvgIpc) is 2.69. The van der Waals surface area contributed by atoms with Gasteiger partial charge in [-0.05, 0) is 30.6 Å². The van der Waals surface area contributed by atoms with Gasteiger partial charge in [-0.1, -0.05) is 125 Å². The third-order valence-electron chi connectivity index (χ3n) is 6.12. The van der Waals surface area contributed by atoms with Gasteiger partial charge < -0.3 is 0 Å². The molecule has 0 spiro atoms. The normalized spacial score (nSPS) is 14.3. The van der Waals surface area contributed by atoms with Crippen molar-refractivity contribution in [2.75, 3.05) is 0 Å². The molecule has 0 aliphatic carbocycles. The van der Waals surface area contributed by atoms with Crippen molar-refractivity contribution in [2.45, 2.75) is 136 Å². The molecule has 0 aliphatic heterocycles. The Kier molecular flexibility index (Phi) is 20.9. The Bertz CT molecular complexity index is 358. The fourth-order valence-corrected chi connectivity index (χ4v) is 3.87. The van der Waals surface area contributed by atoms with Crippen molar-refractivity contribution in [3.05, 3.63) is 13.8 Å². The minimum atomic E-state index is 0.760. The molecule has 0 amide bonds. The Morgan fingerprint density at radius 1 is 0.500 bits per heavy atom. The molecule has 0 saturated carbocycles. The predicted molar refractivity (Wildman–Crippen MR) is 129 cm³/mol. The summed E-state index contributed by atoms with van der Waals surface area (Å²) in [5, 5.41) is 0. The Morgan fingerprint density at radius 3 is 1.57 bits per heavy atom. The highest BCUT2D eigenvalue weighted by molar-refractivity contribution is 4.99. The van der Waals surface area contributed by atoms with E-state index >= 15 is 0 Å². The maximum Gasteiger partial charge on any atom is 0.0114 e. The second-order valence-corrected chi connectivity index (χ2v) is 9.46. The SMILES string of the molecule is [CH2]CCCC(C)CCCCCCCCCC#CCC(C)CCC(C)CCC[CH2]. The molecule has 3 unspecified atom stereocenters. The first-order valence-corrected chi connectivity index (χ1v) is 12.6. The Hall–Kier alpha value is -0.440. The van der Waals surface area contributed by atoms with Gasteiger partial charge in [0.25, 0.3) is 0 Å². The van der Waals surface area contributed by atoms with E-state index in [2.05, 4.69) is 46.5 Å². The summed E-state index contributed by atoms with van der Waals surface area (Å²) in [6.45, 7) is 15.0. The number of hydrogen-bond acceptors (Lipinski definition) is 0. The lowest BCUT2D eigenvalue weighted by Crippen LogP contribution is -2.00. The second-order valence-electron chi connectivity index (χ2n) is 9.46. The van der Waals surface area contributed by atoms with Crippen LogP contribution in [0.4, 0.5) is 0 Å². The van der Waals surface area contributed by atoms with E-state index in [1.165, 1.54) is 89.9 Å². The van der Waals surface area contributed by atoms with Crippen LogP contribution in [0.1, 0.15) is 136 Å². The quantitative estimate of drug-likeness (QED) is 0.152. The molecule has 0 nitrogen and oxygen atoms in total. The van der Waals surface area contributed by atoms with E-state index in [1.54, 1.807) is 0 Å². The second kappa shape index (κ2) is 21.3. The number of unbranched alkanes of at least 4 members (excludes halogenated alkanes) is 9. The van der Waals surface area contributed by atoms with Crippen LogP contribution in [0.2, 0.25) is 0 Å². The van der Waals surface area contributed by atoms with Gasteiger partial charge in [-0.3, -0.25) is 0 Å². The van der Waals surface area contributed by atoms with Crippen molar-refractivity contribution in [3.8, 4) is 11.8 Å². The monoisotopic (exact) mass is 388 g/mol. The molecule has 0 heterocycles. The van der Waals surface area contributed by atoms with Gasteiger partial charge in [0.1, 0.15) is 0 Å². The van der Waals surface area contributed by atoms with Crippen molar-refractivity contribution in [1.82, 2.24) is 0 Å². The largest absolute Gasteiger partial charge is 0.103 e. The van der Waals surface area contributed by atoms with Gasteiger partial charge in [0.2, 0.25) is 0 Å². The summed E-state index contributed by atoms with van der Waals surface area (Å²) in [4.78, 5) is 0. The zero-order valence-corrected chi connectivity index (χ0v) is 19.9. The van der Waals surface area contributed by atoms with Crippen LogP contribution in [0.15, 0.2) is 0 Å². The average molecular weight is 389 g/mol. The molecule has 0 aliphatic rings. The highest BCUT2D eigenvalue weighted by Crippen LogP contribution is 2.19. The van der Waals surface area contributed by atoms with Crippen molar-refractivity contribution < 1.29 is 0 Å². The summed E-state index contributed by atoms with van der Waals surface area (Å²) >= 11 is 0. The molecule has 28 heavy (non-hydrogen) atoms. The first-order chi connectivity index (χ1) is 13.6. The van der Waals surface area contributed by atoms with E-state index in [1.807, 2.05) is 0 Å². The Labute approximate surface area is 180 Å². The van der Waals surface area contributed by atoms with Gasteiger partial charge in [-0.2, -0.15) is 0 Å². The van der Waals surface area contributed by atoms with E-state index < -0.39 is 0 Å². The van der Waals surface area contributed by atoms with Crippen LogP contribution < -0.4 is 0 Å². The Morgan fingerprint density at radius 2 is 0.964 bits per heavy atom. The van der Waals surface area contributed by atoms with Gasteiger partial charge in [-0.15, -0.1) is 11.8 Å². The first-order valence-electron chi connectivity index (χ1n) is 12.6. The van der Waals surface area contributed by atoms with Crippen LogP contribution in [0.5, 0.6) is 0 Å². The van der Waals surface area contributed by atoms with Gasteiger partial charge in [0.15, 0.2) is 0 Å². The van der Waals surface area contributed by atoms with Crippen LogP contribution in [-0.4, -0.2) is 0 Å². The van der Waals surface area contributed by atoms with Crippen LogP contribution in [0, 0.1) is 43.4 Å². The van der Waals surface area contributed by atoms with Gasteiger partial charge in [0, 0.05) is 12.8 Å². The zero-order valence-electron chi connectivity index (χ0n) is 19.9. The molecule has 0 aromatic carbocycles. The summed E-state index contributed by atoms with van der Waals surface area (Å²) in [5.74, 6) is 9.38. The molecule has 0 bridgehead atoms. The van der Waals surface area contributed by atoms with Crippen LogP contribution in [0.3, 0.4) is 0 Å². The van der Waals surface area contributed by atoms with Crippen molar-refractivity contribution in [2.24, 2.45) is 17.8 Å². The molecule has 0 N–H and O–H groups in total. The van der Waals surface area contributed by atoms with Gasteiger partial charge in [-0.25, -0.2) is 0 Å². The van der Waals surface area contributed by atoms with Crippen molar-refractivity contribution in [1.29, 1.82) is 0 Å². The topological polar surface area (TPSA) is 0 Å². The maximum atomic E-state index is 3.94. The molecule has 0 fully saturated rings. The molecule has 0 saturated heterocycles. The molecular weight excluding hydrogens is 336 g/mol. The minimum absolute atomic E-state index is 0.760.